The van der Waals surface area contributed by atoms with Crippen molar-refractivity contribution in [3.63, 3.8) is 0 Å². The fraction of sp³-hybridized carbons (Fsp3) is 0.101. The van der Waals surface area contributed by atoms with Crippen LogP contribution < -0.4 is 10.6 Å². The number of oxime groups is 1. The third-order valence-electron chi connectivity index (χ3n) is 14.9. The van der Waals surface area contributed by atoms with Crippen molar-refractivity contribution in [3.8, 4) is 0 Å². The molecule has 2 aromatic heterocycles. The number of carbonyl (C=O) groups excluding carboxylic acids is 4. The summed E-state index contributed by atoms with van der Waals surface area (Å²) < 4.78 is 11.5. The molecule has 0 unspecified atom stereocenters. The Morgan fingerprint density at radius 3 is 1.51 bits per heavy atom. The summed E-state index contributed by atoms with van der Waals surface area (Å²) in [6.45, 7) is 0. The second-order valence-corrected chi connectivity index (χ2v) is 22.8. The van der Waals surface area contributed by atoms with E-state index < -0.39 is 52.4 Å². The molecule has 2 atom stereocenters. The van der Waals surface area contributed by atoms with Crippen LogP contribution >= 0.6 is 34.4 Å². The quantitative estimate of drug-likeness (QED) is 0.0263. The van der Waals surface area contributed by atoms with Crippen molar-refractivity contribution < 1.29 is 33.5 Å². The fourth-order valence-corrected chi connectivity index (χ4v) is 14.0. The lowest BCUT2D eigenvalue weighted by molar-refractivity contribution is -0.154. The van der Waals surface area contributed by atoms with Gasteiger partial charge in [-0.05, 0) is 39.9 Å². The highest BCUT2D eigenvalue weighted by atomic mass is 32.2. The highest BCUT2D eigenvalue weighted by Gasteiger charge is 2.55. The number of amides is 2. The Morgan fingerprint density at radius 2 is 1.05 bits per heavy atom. The number of β-lactam (4-membered cyclic amide) rings is 1. The van der Waals surface area contributed by atoms with E-state index in [9.17, 15) is 4.79 Å². The third kappa shape index (κ3) is 10.6. The molecule has 0 spiro atoms. The van der Waals surface area contributed by atoms with Crippen LogP contribution in [0, 0.1) is 0 Å². The molecule has 0 bridgehead atoms. The first-order valence-electron chi connectivity index (χ1n) is 27.1. The Hall–Kier alpha value is -9.67. The lowest BCUT2D eigenvalue weighted by atomic mass is 9.77. The summed E-state index contributed by atoms with van der Waals surface area (Å²) in [5.41, 5.74) is 4.61. The second kappa shape index (κ2) is 24.4. The molecule has 2 aliphatic rings. The number of aromatic nitrogens is 1. The van der Waals surface area contributed by atoms with E-state index in [2.05, 4.69) is 47.0 Å². The van der Waals surface area contributed by atoms with Gasteiger partial charge in [-0.25, -0.2) is 14.6 Å². The average molecular weight is 1160 g/mol. The monoisotopic (exact) mass is 1160 g/mol. The first-order chi connectivity index (χ1) is 41.3. The van der Waals surface area contributed by atoms with Gasteiger partial charge in [-0.3, -0.25) is 14.5 Å². The zero-order chi connectivity index (χ0) is 57.5. The largest absolute Gasteiger partial charge is 0.465 e. The van der Waals surface area contributed by atoms with Crippen LogP contribution in [-0.4, -0.2) is 63.6 Å². The van der Waals surface area contributed by atoms with Crippen molar-refractivity contribution in [2.45, 2.75) is 28.7 Å². The number of esters is 2. The second-order valence-electron chi connectivity index (χ2n) is 19.8. The molecular formula is C69H53N5O7S3. The van der Waals surface area contributed by atoms with Gasteiger partial charge >= 0.3 is 11.9 Å². The van der Waals surface area contributed by atoms with Crippen molar-refractivity contribution in [2.75, 3.05) is 18.2 Å². The summed E-state index contributed by atoms with van der Waals surface area (Å²) in [5, 5.41) is 13.2. The summed E-state index contributed by atoms with van der Waals surface area (Å²) in [6, 6.07) is 80.4. The number of benzene rings is 8. The molecule has 84 heavy (non-hydrogen) atoms. The van der Waals surface area contributed by atoms with E-state index >= 15 is 14.4 Å². The van der Waals surface area contributed by atoms with Gasteiger partial charge in [0.1, 0.15) is 33.2 Å². The van der Waals surface area contributed by atoms with Crippen molar-refractivity contribution >= 4 is 74.6 Å². The molecule has 1 saturated heterocycles. The van der Waals surface area contributed by atoms with Crippen LogP contribution in [0.5, 0.6) is 0 Å². The van der Waals surface area contributed by atoms with Crippen LogP contribution in [0.3, 0.4) is 0 Å². The summed E-state index contributed by atoms with van der Waals surface area (Å²) in [6.07, 6.45) is -0.841. The first-order valence-corrected chi connectivity index (χ1v) is 29.8. The molecular weight excluding hydrogens is 1110 g/mol. The number of anilines is 1. The lowest BCUT2D eigenvalue weighted by Crippen LogP contribution is -2.71. The number of hydrogen-bond acceptors (Lipinski definition) is 13. The molecule has 2 N–H and O–H groups in total. The summed E-state index contributed by atoms with van der Waals surface area (Å²) in [7, 11) is 1.30. The number of ether oxygens (including phenoxy) is 2. The summed E-state index contributed by atoms with van der Waals surface area (Å²) >= 11 is 3.81. The van der Waals surface area contributed by atoms with Crippen molar-refractivity contribution in [1.29, 1.82) is 0 Å². The van der Waals surface area contributed by atoms with Crippen LogP contribution in [-0.2, 0) is 39.8 Å². The van der Waals surface area contributed by atoms with Crippen LogP contribution in [0.4, 0.5) is 5.13 Å². The molecule has 1 fully saturated rings. The molecule has 2 amide bonds. The topological polar surface area (TPSA) is 149 Å². The van der Waals surface area contributed by atoms with Gasteiger partial charge in [-0.15, -0.1) is 34.4 Å². The third-order valence-corrected chi connectivity index (χ3v) is 18.0. The van der Waals surface area contributed by atoms with E-state index in [-0.39, 0.29) is 22.9 Å². The SMILES string of the molecule is COC(=O)c1ccc(C2=C(C(=O)OC(c3ccccc3)c3ccccc3)N3C(=O)[C@@H](NC(=O)/C(=N\OC(c4ccccc4)(c4ccccc4)c4ccccc4)c4csc(NC(c5ccccc5)(c5ccccc5)c5ccccc5)n4)[C@H]3SC2)s1. The number of thiazole rings is 1. The number of hydrogen-bond donors (Lipinski definition) is 2. The van der Waals surface area contributed by atoms with E-state index in [4.69, 9.17) is 24.5 Å². The number of thiophene rings is 1. The molecule has 414 valence electrons. The van der Waals surface area contributed by atoms with Crippen LogP contribution in [0.25, 0.3) is 5.57 Å². The average Bonchev–Trinajstić information content (AvgIpc) is 1.56. The minimum Gasteiger partial charge on any atom is -0.465 e. The molecule has 4 heterocycles. The zero-order valence-corrected chi connectivity index (χ0v) is 47.6. The number of rotatable bonds is 19. The normalized spacial score (nSPS) is 15.1. The van der Waals surface area contributed by atoms with Gasteiger partial charge in [0.25, 0.3) is 11.8 Å². The molecule has 8 aromatic carbocycles. The zero-order valence-electron chi connectivity index (χ0n) is 45.2. The predicted molar refractivity (Wildman–Crippen MR) is 330 cm³/mol. The number of nitrogens with one attached hydrogen (secondary N) is 2. The Kier molecular flexibility index (Phi) is 16.0. The predicted octanol–water partition coefficient (Wildman–Crippen LogP) is 13.3. The van der Waals surface area contributed by atoms with Gasteiger partial charge in [0.05, 0.1) is 7.11 Å². The van der Waals surface area contributed by atoms with Gasteiger partial charge in [-0.2, -0.15) is 0 Å². The van der Waals surface area contributed by atoms with Gasteiger partial charge in [-0.1, -0.05) is 248 Å². The van der Waals surface area contributed by atoms with E-state index in [1.165, 1.54) is 35.1 Å². The van der Waals surface area contributed by atoms with E-state index in [0.717, 1.165) is 55.8 Å². The van der Waals surface area contributed by atoms with E-state index in [1.54, 1.807) is 17.5 Å². The Balaban J connectivity index is 0.948. The minimum atomic E-state index is -1.40. The molecule has 2 aliphatic heterocycles. The van der Waals surface area contributed by atoms with Crippen LogP contribution in [0.2, 0.25) is 0 Å². The van der Waals surface area contributed by atoms with Crippen molar-refractivity contribution in [3.05, 3.63) is 326 Å². The van der Waals surface area contributed by atoms with E-state index in [0.29, 0.717) is 20.5 Å². The maximum atomic E-state index is 15.6. The van der Waals surface area contributed by atoms with Crippen molar-refractivity contribution in [1.82, 2.24) is 15.2 Å². The molecule has 0 radical (unpaired) electrons. The van der Waals surface area contributed by atoms with Crippen LogP contribution in [0.15, 0.2) is 271 Å². The molecule has 12 rings (SSSR count). The number of methoxy groups -OCH3 is 1. The first kappa shape index (κ1) is 54.9. The number of fused-ring (bicyclic) bond motifs is 1. The summed E-state index contributed by atoms with van der Waals surface area (Å²) in [4.78, 5) is 73.1. The number of thioether (sulfide) groups is 1. The molecule has 15 heteroatoms. The summed E-state index contributed by atoms with van der Waals surface area (Å²) in [5.74, 6) is -2.37. The molecule has 12 nitrogen and oxygen atoms in total. The van der Waals surface area contributed by atoms with Gasteiger partial charge < -0.3 is 24.9 Å². The standard InChI is InChI=1S/C69H53N5O7S3/c1-79-65(77)57-43-42-56(84-57)54-44-82-64-59(63(76)74(64)60(54)66(78)80-61(46-26-10-2-11-27-46)47-28-12-3-13-29-47)71-62(75)58(73-81-69(51-36-20-7-21-37-51,52-38-22-8-23-39-52)53-40-24-9-25-41-53)55-45-83-67(70-55)72-68(48-30-14-4-15-31-48,49-32-16-5-17-33-49)50-34-18-6-19-35-50/h2-43,45,59,61,64H,44H2,1H3,(H,70,72)(H,71,75)/b73-58-/t59-,64-/m1/s1. The highest BCUT2D eigenvalue weighted by Crippen LogP contribution is 2.47. The molecule has 0 saturated carbocycles. The minimum absolute atomic E-state index is 0.00826. The Labute approximate surface area is 498 Å². The van der Waals surface area contributed by atoms with Gasteiger partial charge in [0.2, 0.25) is 5.60 Å². The molecule has 10 aromatic rings. The smallest absolute Gasteiger partial charge is 0.356 e. The number of nitrogens with zero attached hydrogens (tertiary/aromatic N) is 3. The van der Waals surface area contributed by atoms with Gasteiger partial charge in [0, 0.05) is 38.3 Å². The lowest BCUT2D eigenvalue weighted by Gasteiger charge is -2.49. The maximum absolute atomic E-state index is 15.6. The molecule has 0 aliphatic carbocycles. The Morgan fingerprint density at radius 1 is 0.595 bits per heavy atom. The highest BCUT2D eigenvalue weighted by molar-refractivity contribution is 8.00. The maximum Gasteiger partial charge on any atom is 0.356 e. The van der Waals surface area contributed by atoms with Crippen molar-refractivity contribution in [2.24, 2.45) is 5.16 Å². The van der Waals surface area contributed by atoms with Crippen LogP contribution in [0.1, 0.15) is 70.9 Å². The Bertz CT molecular complexity index is 3770. The number of carbonyl (C=O) groups is 4. The fourth-order valence-electron chi connectivity index (χ4n) is 10.8. The van der Waals surface area contributed by atoms with Gasteiger partial charge in [0.15, 0.2) is 16.9 Å². The van der Waals surface area contributed by atoms with E-state index in [1.807, 2.05) is 206 Å².